The Morgan fingerprint density at radius 1 is 1.16 bits per heavy atom. The normalized spacial score (nSPS) is 10.8. The lowest BCUT2D eigenvalue weighted by molar-refractivity contribution is -0.113. The molecule has 162 valence electrons. The van der Waals surface area contributed by atoms with E-state index in [4.69, 9.17) is 11.6 Å². The third kappa shape index (κ3) is 5.64. The summed E-state index contributed by atoms with van der Waals surface area (Å²) >= 11 is 8.71. The van der Waals surface area contributed by atoms with E-state index in [1.807, 2.05) is 64.5 Å². The molecular weight excluding hydrogens is 462 g/mol. The summed E-state index contributed by atoms with van der Waals surface area (Å²) < 4.78 is 1.97. The second kappa shape index (κ2) is 10.6. The molecule has 0 aliphatic heterocycles. The van der Waals surface area contributed by atoms with Crippen molar-refractivity contribution in [1.82, 2.24) is 19.7 Å². The highest BCUT2D eigenvalue weighted by Crippen LogP contribution is 2.25. The molecule has 2 aromatic carbocycles. The van der Waals surface area contributed by atoms with E-state index in [2.05, 4.69) is 27.1 Å². The average Bonchev–Trinajstić information content (AvgIpc) is 3.42. The molecule has 2 aromatic heterocycles. The van der Waals surface area contributed by atoms with Gasteiger partial charge >= 0.3 is 0 Å². The lowest BCUT2D eigenvalue weighted by atomic mass is 10.1. The molecule has 1 N–H and O–H groups in total. The third-order valence-electron chi connectivity index (χ3n) is 4.53. The second-order valence-electron chi connectivity index (χ2n) is 6.84. The number of nitrogens with zero attached hydrogens (tertiary/aromatic N) is 4. The second-order valence-corrected chi connectivity index (χ2v) is 9.08. The summed E-state index contributed by atoms with van der Waals surface area (Å²) in [6.07, 6.45) is 2.41. The monoisotopic (exact) mass is 481 g/mol. The Hall–Kier alpha value is -2.94. The summed E-state index contributed by atoms with van der Waals surface area (Å²) in [5.74, 6) is 0.871. The van der Waals surface area contributed by atoms with Gasteiger partial charge in [-0.1, -0.05) is 71.9 Å². The Balaban J connectivity index is 1.38. The van der Waals surface area contributed by atoms with E-state index in [0.29, 0.717) is 28.3 Å². The lowest BCUT2D eigenvalue weighted by Crippen LogP contribution is -2.14. The van der Waals surface area contributed by atoms with Crippen LogP contribution in [0.4, 0.5) is 5.13 Å². The van der Waals surface area contributed by atoms with Gasteiger partial charge in [0.25, 0.3) is 0 Å². The quantitative estimate of drug-likeness (QED) is 0.250. The number of rotatable bonds is 9. The molecule has 0 atom stereocenters. The minimum atomic E-state index is -0.142. The molecule has 0 saturated carbocycles. The van der Waals surface area contributed by atoms with Crippen molar-refractivity contribution in [3.63, 3.8) is 0 Å². The predicted octanol–water partition coefficient (Wildman–Crippen LogP) is 5.56. The SMILES string of the molecule is C=CCn1c(Cc2ccc(Cl)cc2)nnc1SCC(=O)Nc1nc(-c2ccccc2)cs1. The van der Waals surface area contributed by atoms with E-state index in [1.54, 1.807) is 6.08 Å². The Morgan fingerprint density at radius 3 is 2.69 bits per heavy atom. The summed E-state index contributed by atoms with van der Waals surface area (Å²) in [4.78, 5) is 17.0. The minimum Gasteiger partial charge on any atom is -0.302 e. The highest BCUT2D eigenvalue weighted by Gasteiger charge is 2.15. The molecule has 0 saturated heterocycles. The Kier molecular flexibility index (Phi) is 7.36. The van der Waals surface area contributed by atoms with E-state index in [9.17, 15) is 4.79 Å². The van der Waals surface area contributed by atoms with Crippen molar-refractivity contribution in [2.75, 3.05) is 11.1 Å². The van der Waals surface area contributed by atoms with Gasteiger partial charge in [-0.25, -0.2) is 4.98 Å². The molecule has 6 nitrogen and oxygen atoms in total. The maximum absolute atomic E-state index is 12.5. The molecule has 0 aliphatic carbocycles. The van der Waals surface area contributed by atoms with Crippen LogP contribution in [0.15, 0.2) is 77.8 Å². The summed E-state index contributed by atoms with van der Waals surface area (Å²) in [5.41, 5.74) is 2.94. The van der Waals surface area contributed by atoms with Gasteiger partial charge in [0.05, 0.1) is 11.4 Å². The van der Waals surface area contributed by atoms with Crippen molar-refractivity contribution >= 4 is 45.7 Å². The van der Waals surface area contributed by atoms with Gasteiger partial charge < -0.3 is 9.88 Å². The maximum atomic E-state index is 12.5. The first-order chi connectivity index (χ1) is 15.6. The Morgan fingerprint density at radius 2 is 1.94 bits per heavy atom. The van der Waals surface area contributed by atoms with Crippen molar-refractivity contribution in [2.24, 2.45) is 0 Å². The van der Waals surface area contributed by atoms with Gasteiger partial charge in [0.2, 0.25) is 5.91 Å². The Labute approximate surface area is 199 Å². The number of hydrogen-bond acceptors (Lipinski definition) is 6. The summed E-state index contributed by atoms with van der Waals surface area (Å²) in [6, 6.07) is 17.5. The number of thiazole rings is 1. The molecule has 32 heavy (non-hydrogen) atoms. The fourth-order valence-electron chi connectivity index (χ4n) is 3.01. The van der Waals surface area contributed by atoms with Crippen LogP contribution in [0.2, 0.25) is 5.02 Å². The van der Waals surface area contributed by atoms with Crippen molar-refractivity contribution in [2.45, 2.75) is 18.1 Å². The molecule has 9 heteroatoms. The van der Waals surface area contributed by atoms with Crippen LogP contribution in [-0.4, -0.2) is 31.4 Å². The number of thioether (sulfide) groups is 1. The van der Waals surface area contributed by atoms with Gasteiger partial charge in [-0.3, -0.25) is 4.79 Å². The van der Waals surface area contributed by atoms with Crippen LogP contribution in [-0.2, 0) is 17.8 Å². The van der Waals surface area contributed by atoms with Crippen molar-refractivity contribution < 1.29 is 4.79 Å². The third-order valence-corrected chi connectivity index (χ3v) is 6.51. The van der Waals surface area contributed by atoms with E-state index in [0.717, 1.165) is 22.6 Å². The zero-order valence-electron chi connectivity index (χ0n) is 17.1. The number of benzene rings is 2. The average molecular weight is 482 g/mol. The molecule has 4 aromatic rings. The predicted molar refractivity (Wildman–Crippen MR) is 131 cm³/mol. The number of carbonyl (C=O) groups is 1. The minimum absolute atomic E-state index is 0.142. The molecule has 0 fully saturated rings. The van der Waals surface area contributed by atoms with E-state index in [-0.39, 0.29) is 11.7 Å². The van der Waals surface area contributed by atoms with E-state index >= 15 is 0 Å². The molecule has 0 aliphatic rings. The number of amides is 1. The fraction of sp³-hybridized carbons (Fsp3) is 0.130. The van der Waals surface area contributed by atoms with Gasteiger partial charge in [0.1, 0.15) is 5.82 Å². The Bertz CT molecular complexity index is 1200. The number of halogens is 1. The standard InChI is InChI=1S/C23H20ClN5OS2/c1-2-12-29-20(13-16-8-10-18(24)11-9-16)27-28-23(29)32-15-21(30)26-22-25-19(14-31-22)17-6-4-3-5-7-17/h2-11,14H,1,12-13,15H2,(H,25,26,30). The van der Waals surface area contributed by atoms with Crippen LogP contribution in [0.25, 0.3) is 11.3 Å². The summed E-state index contributed by atoms with van der Waals surface area (Å²) in [6.45, 7) is 4.39. The van der Waals surface area contributed by atoms with Crippen LogP contribution in [0.1, 0.15) is 11.4 Å². The smallest absolute Gasteiger partial charge is 0.236 e. The topological polar surface area (TPSA) is 72.7 Å². The number of carbonyl (C=O) groups excluding carboxylic acids is 1. The highest BCUT2D eigenvalue weighted by molar-refractivity contribution is 7.99. The summed E-state index contributed by atoms with van der Waals surface area (Å²) in [5, 5.41) is 15.3. The molecule has 0 radical (unpaired) electrons. The van der Waals surface area contributed by atoms with Gasteiger partial charge in [-0.05, 0) is 17.7 Å². The molecule has 0 unspecified atom stereocenters. The first-order valence-electron chi connectivity index (χ1n) is 9.83. The zero-order chi connectivity index (χ0) is 22.3. The van der Waals surface area contributed by atoms with Gasteiger partial charge in [-0.2, -0.15) is 0 Å². The highest BCUT2D eigenvalue weighted by atomic mass is 35.5. The number of aromatic nitrogens is 4. The maximum Gasteiger partial charge on any atom is 0.236 e. The van der Waals surface area contributed by atoms with Crippen LogP contribution in [0, 0.1) is 0 Å². The van der Waals surface area contributed by atoms with Gasteiger partial charge in [-0.15, -0.1) is 28.1 Å². The number of anilines is 1. The van der Waals surface area contributed by atoms with Gasteiger partial charge in [0.15, 0.2) is 10.3 Å². The molecule has 0 spiro atoms. The van der Waals surface area contributed by atoms with Crippen LogP contribution >= 0.6 is 34.7 Å². The van der Waals surface area contributed by atoms with Crippen molar-refractivity contribution in [3.8, 4) is 11.3 Å². The first-order valence-corrected chi connectivity index (χ1v) is 12.1. The number of nitrogens with one attached hydrogen (secondary N) is 1. The fourth-order valence-corrected chi connectivity index (χ4v) is 4.64. The van der Waals surface area contributed by atoms with E-state index in [1.165, 1.54) is 23.1 Å². The number of hydrogen-bond donors (Lipinski definition) is 1. The summed E-state index contributed by atoms with van der Waals surface area (Å²) in [7, 11) is 0. The van der Waals surface area contributed by atoms with Gasteiger partial charge in [0, 0.05) is 28.9 Å². The molecular formula is C23H20ClN5OS2. The molecule has 2 heterocycles. The molecule has 0 bridgehead atoms. The van der Waals surface area contributed by atoms with Crippen LogP contribution < -0.4 is 5.32 Å². The van der Waals surface area contributed by atoms with Crippen LogP contribution in [0.3, 0.4) is 0 Å². The van der Waals surface area contributed by atoms with Crippen molar-refractivity contribution in [1.29, 1.82) is 0 Å². The molecule has 4 rings (SSSR count). The van der Waals surface area contributed by atoms with Crippen LogP contribution in [0.5, 0.6) is 0 Å². The number of allylic oxidation sites excluding steroid dienone is 1. The lowest BCUT2D eigenvalue weighted by Gasteiger charge is -2.08. The molecule has 1 amide bonds. The van der Waals surface area contributed by atoms with Crippen molar-refractivity contribution in [3.05, 3.63) is 89.0 Å². The first kappa shape index (κ1) is 22.3. The van der Waals surface area contributed by atoms with E-state index < -0.39 is 0 Å². The zero-order valence-corrected chi connectivity index (χ0v) is 19.5. The largest absolute Gasteiger partial charge is 0.302 e.